The molecule has 13 heavy (non-hydrogen) atoms. The highest BCUT2D eigenvalue weighted by Gasteiger charge is 2.32. The maximum absolute atomic E-state index is 5.71. The highest BCUT2D eigenvalue weighted by Crippen LogP contribution is 2.18. The van der Waals surface area contributed by atoms with Gasteiger partial charge in [0, 0.05) is 38.1 Å². The van der Waals surface area contributed by atoms with E-state index in [9.17, 15) is 0 Å². The average molecular weight is 185 g/mol. The van der Waals surface area contributed by atoms with Crippen molar-refractivity contribution < 1.29 is 4.74 Å². The van der Waals surface area contributed by atoms with Crippen molar-refractivity contribution in [2.75, 3.05) is 45.9 Å². The Labute approximate surface area is 79.4 Å². The van der Waals surface area contributed by atoms with Crippen molar-refractivity contribution in [3.8, 4) is 0 Å². The van der Waals surface area contributed by atoms with E-state index in [0.717, 1.165) is 45.9 Å². The predicted molar refractivity (Wildman–Crippen MR) is 51.6 cm³/mol. The van der Waals surface area contributed by atoms with Gasteiger partial charge in [0.1, 0.15) is 0 Å². The van der Waals surface area contributed by atoms with Crippen molar-refractivity contribution in [3.05, 3.63) is 0 Å². The molecule has 0 saturated carbocycles. The molecule has 76 valence electrons. The summed E-state index contributed by atoms with van der Waals surface area (Å²) in [4.78, 5) is 2.51. The zero-order valence-electron chi connectivity index (χ0n) is 8.04. The van der Waals surface area contributed by atoms with E-state index in [2.05, 4.69) is 10.2 Å². The minimum Gasteiger partial charge on any atom is -0.379 e. The van der Waals surface area contributed by atoms with Crippen molar-refractivity contribution in [2.24, 2.45) is 11.7 Å². The van der Waals surface area contributed by atoms with Crippen molar-refractivity contribution in [1.29, 1.82) is 0 Å². The molecule has 2 rings (SSSR count). The number of ether oxygens (including phenoxy) is 1. The number of nitrogens with zero attached hydrogens (tertiary/aromatic N) is 1. The summed E-state index contributed by atoms with van der Waals surface area (Å²) in [5, 5.41) is 3.36. The van der Waals surface area contributed by atoms with Crippen LogP contribution in [0.3, 0.4) is 0 Å². The van der Waals surface area contributed by atoms with Crippen LogP contribution < -0.4 is 11.1 Å². The Morgan fingerprint density at radius 1 is 1.31 bits per heavy atom. The molecule has 0 aromatic rings. The second kappa shape index (κ2) is 4.37. The van der Waals surface area contributed by atoms with Crippen LogP contribution in [0, 0.1) is 5.92 Å². The lowest BCUT2D eigenvalue weighted by Crippen LogP contribution is -2.51. The van der Waals surface area contributed by atoms with Crippen molar-refractivity contribution in [1.82, 2.24) is 10.2 Å². The largest absolute Gasteiger partial charge is 0.379 e. The van der Waals surface area contributed by atoms with E-state index in [1.165, 1.54) is 0 Å². The fourth-order valence-corrected chi connectivity index (χ4v) is 2.23. The first-order chi connectivity index (χ1) is 6.42. The zero-order valence-corrected chi connectivity index (χ0v) is 8.04. The quantitative estimate of drug-likeness (QED) is 0.571. The van der Waals surface area contributed by atoms with E-state index in [0.29, 0.717) is 12.0 Å². The van der Waals surface area contributed by atoms with Gasteiger partial charge in [0.05, 0.1) is 13.2 Å². The summed E-state index contributed by atoms with van der Waals surface area (Å²) in [5.74, 6) is 0.554. The van der Waals surface area contributed by atoms with Crippen LogP contribution in [-0.4, -0.2) is 56.9 Å². The van der Waals surface area contributed by atoms with Crippen LogP contribution in [0.25, 0.3) is 0 Å². The summed E-state index contributed by atoms with van der Waals surface area (Å²) in [6, 6.07) is 0.576. The number of piperazine rings is 1. The lowest BCUT2D eigenvalue weighted by atomic mass is 10.0. The first-order valence-electron chi connectivity index (χ1n) is 5.14. The smallest absolute Gasteiger partial charge is 0.0626 e. The molecule has 4 heteroatoms. The Morgan fingerprint density at radius 3 is 2.77 bits per heavy atom. The topological polar surface area (TPSA) is 50.5 Å². The number of hydrogen-bond acceptors (Lipinski definition) is 4. The highest BCUT2D eigenvalue weighted by molar-refractivity contribution is 4.86. The summed E-state index contributed by atoms with van der Waals surface area (Å²) < 4.78 is 5.47. The molecular formula is C9H19N3O. The molecular weight excluding hydrogens is 166 g/mol. The van der Waals surface area contributed by atoms with Crippen LogP contribution in [0.1, 0.15) is 0 Å². The molecule has 4 nitrogen and oxygen atoms in total. The number of nitrogens with two attached hydrogens (primary N) is 1. The first kappa shape index (κ1) is 9.40. The average Bonchev–Trinajstić information content (AvgIpc) is 2.67. The molecule has 2 saturated heterocycles. The maximum Gasteiger partial charge on any atom is 0.0626 e. The van der Waals surface area contributed by atoms with Crippen molar-refractivity contribution >= 4 is 0 Å². The summed E-state index contributed by atoms with van der Waals surface area (Å²) >= 11 is 0. The molecule has 0 amide bonds. The van der Waals surface area contributed by atoms with E-state index >= 15 is 0 Å². The molecule has 2 heterocycles. The molecule has 0 aromatic carbocycles. The second-order valence-corrected chi connectivity index (χ2v) is 3.89. The van der Waals surface area contributed by atoms with Gasteiger partial charge in [-0.1, -0.05) is 0 Å². The summed E-state index contributed by atoms with van der Waals surface area (Å²) in [7, 11) is 0. The Bertz CT molecular complexity index is 159. The Morgan fingerprint density at radius 2 is 2.08 bits per heavy atom. The van der Waals surface area contributed by atoms with E-state index in [1.54, 1.807) is 0 Å². The lowest BCUT2D eigenvalue weighted by molar-refractivity contribution is 0.129. The SMILES string of the molecule is NCC1COCC1N1CCNCC1. The third-order valence-corrected chi connectivity index (χ3v) is 3.09. The zero-order chi connectivity index (χ0) is 9.10. The summed E-state index contributed by atoms with van der Waals surface area (Å²) in [6.45, 7) is 6.98. The van der Waals surface area contributed by atoms with Crippen LogP contribution in [-0.2, 0) is 4.74 Å². The van der Waals surface area contributed by atoms with Gasteiger partial charge in [-0.2, -0.15) is 0 Å². The third kappa shape index (κ3) is 2.02. The van der Waals surface area contributed by atoms with Gasteiger partial charge in [-0.15, -0.1) is 0 Å². The molecule has 2 atom stereocenters. The Hall–Kier alpha value is -0.160. The summed E-state index contributed by atoms with van der Waals surface area (Å²) in [5.41, 5.74) is 5.71. The van der Waals surface area contributed by atoms with Gasteiger partial charge in [-0.05, 0) is 6.54 Å². The van der Waals surface area contributed by atoms with Gasteiger partial charge in [0.2, 0.25) is 0 Å². The van der Waals surface area contributed by atoms with Gasteiger partial charge >= 0.3 is 0 Å². The normalized spacial score (nSPS) is 36.7. The standard InChI is InChI=1S/C9H19N3O/c10-5-8-6-13-7-9(8)12-3-1-11-2-4-12/h8-9,11H,1-7,10H2. The van der Waals surface area contributed by atoms with E-state index in [1.807, 2.05) is 0 Å². The van der Waals surface area contributed by atoms with Gasteiger partial charge in [-0.25, -0.2) is 0 Å². The molecule has 0 spiro atoms. The van der Waals surface area contributed by atoms with Crippen LogP contribution in [0.5, 0.6) is 0 Å². The van der Waals surface area contributed by atoms with E-state index < -0.39 is 0 Å². The Balaban J connectivity index is 1.90. The van der Waals surface area contributed by atoms with Crippen LogP contribution >= 0.6 is 0 Å². The van der Waals surface area contributed by atoms with E-state index in [-0.39, 0.29) is 0 Å². The molecule has 2 unspecified atom stereocenters. The molecule has 0 radical (unpaired) electrons. The second-order valence-electron chi connectivity index (χ2n) is 3.89. The molecule has 0 aromatic heterocycles. The van der Waals surface area contributed by atoms with Gasteiger partial charge in [0.15, 0.2) is 0 Å². The van der Waals surface area contributed by atoms with Gasteiger partial charge in [-0.3, -0.25) is 4.90 Å². The molecule has 0 aliphatic carbocycles. The minimum absolute atomic E-state index is 0.554. The predicted octanol–water partition coefficient (Wildman–Crippen LogP) is -1.13. The van der Waals surface area contributed by atoms with Gasteiger partial charge < -0.3 is 15.8 Å². The molecule has 3 N–H and O–H groups in total. The number of nitrogens with one attached hydrogen (secondary N) is 1. The third-order valence-electron chi connectivity index (χ3n) is 3.09. The van der Waals surface area contributed by atoms with Crippen molar-refractivity contribution in [2.45, 2.75) is 6.04 Å². The lowest BCUT2D eigenvalue weighted by Gasteiger charge is -2.34. The van der Waals surface area contributed by atoms with Crippen LogP contribution in [0.4, 0.5) is 0 Å². The van der Waals surface area contributed by atoms with Crippen LogP contribution in [0.2, 0.25) is 0 Å². The fraction of sp³-hybridized carbons (Fsp3) is 1.00. The molecule has 2 aliphatic heterocycles. The number of rotatable bonds is 2. The number of hydrogen-bond donors (Lipinski definition) is 2. The van der Waals surface area contributed by atoms with Gasteiger partial charge in [0.25, 0.3) is 0 Å². The first-order valence-corrected chi connectivity index (χ1v) is 5.14. The highest BCUT2D eigenvalue weighted by atomic mass is 16.5. The van der Waals surface area contributed by atoms with E-state index in [4.69, 9.17) is 10.5 Å². The molecule has 2 fully saturated rings. The minimum atomic E-state index is 0.554. The molecule has 0 bridgehead atoms. The van der Waals surface area contributed by atoms with Crippen LogP contribution in [0.15, 0.2) is 0 Å². The Kier molecular flexibility index (Phi) is 3.16. The maximum atomic E-state index is 5.71. The monoisotopic (exact) mass is 185 g/mol. The summed E-state index contributed by atoms with van der Waals surface area (Å²) in [6.07, 6.45) is 0. The van der Waals surface area contributed by atoms with Crippen molar-refractivity contribution in [3.63, 3.8) is 0 Å². The molecule has 2 aliphatic rings. The fourth-order valence-electron chi connectivity index (χ4n) is 2.23.